The zero-order valence-electron chi connectivity index (χ0n) is 7.41. The van der Waals surface area contributed by atoms with E-state index in [1.807, 2.05) is 11.8 Å². The molecule has 0 spiro atoms. The lowest BCUT2D eigenvalue weighted by molar-refractivity contribution is 0.412. The minimum absolute atomic E-state index is 0.0125. The summed E-state index contributed by atoms with van der Waals surface area (Å²) in [4.78, 5) is 4.15. The lowest BCUT2D eigenvalue weighted by Crippen LogP contribution is -2.15. The third-order valence-electron chi connectivity index (χ3n) is 2.24. The van der Waals surface area contributed by atoms with Gasteiger partial charge in [-0.3, -0.25) is 5.43 Å². The van der Waals surface area contributed by atoms with Crippen molar-refractivity contribution in [2.24, 2.45) is 5.84 Å². The molecule has 2 heterocycles. The van der Waals surface area contributed by atoms with E-state index in [-0.39, 0.29) is 10.8 Å². The van der Waals surface area contributed by atoms with Crippen LogP contribution in [-0.4, -0.2) is 15.9 Å². The van der Waals surface area contributed by atoms with Crippen molar-refractivity contribution < 1.29 is 4.52 Å². The predicted molar refractivity (Wildman–Crippen MR) is 51.2 cm³/mol. The highest BCUT2D eigenvalue weighted by Gasteiger charge is 2.36. The quantitative estimate of drug-likeness (QED) is 0.550. The summed E-state index contributed by atoms with van der Waals surface area (Å²) in [6.07, 6.45) is 2.31. The summed E-state index contributed by atoms with van der Waals surface area (Å²) in [5.41, 5.74) is 2.34. The van der Waals surface area contributed by atoms with Gasteiger partial charge in [0.1, 0.15) is 0 Å². The Morgan fingerprint density at radius 2 is 2.54 bits per heavy atom. The minimum atomic E-state index is 0.0125. The van der Waals surface area contributed by atoms with E-state index >= 15 is 0 Å². The Hall–Kier alpha value is -0.750. The van der Waals surface area contributed by atoms with Gasteiger partial charge in [-0.05, 0) is 25.5 Å². The number of hydrogen-bond acceptors (Lipinski definition) is 6. The number of hydrazine groups is 1. The van der Waals surface area contributed by atoms with Gasteiger partial charge >= 0.3 is 6.01 Å². The van der Waals surface area contributed by atoms with Crippen LogP contribution in [0.1, 0.15) is 25.6 Å². The fourth-order valence-electron chi connectivity index (χ4n) is 1.45. The number of hydrogen-bond donors (Lipinski definition) is 2. The van der Waals surface area contributed by atoms with Crippen LogP contribution in [0.2, 0.25) is 0 Å². The molecule has 1 atom stereocenters. The molecule has 0 radical (unpaired) electrons. The number of aromatic nitrogens is 2. The zero-order valence-corrected chi connectivity index (χ0v) is 8.23. The Morgan fingerprint density at radius 3 is 3.08 bits per heavy atom. The first-order chi connectivity index (χ1) is 6.24. The van der Waals surface area contributed by atoms with Gasteiger partial charge in [0.2, 0.25) is 0 Å². The Kier molecular flexibility index (Phi) is 2.17. The van der Waals surface area contributed by atoms with Crippen molar-refractivity contribution in [3.05, 3.63) is 5.82 Å². The molecule has 6 heteroatoms. The lowest BCUT2D eigenvalue weighted by Gasteiger charge is -2.16. The van der Waals surface area contributed by atoms with E-state index in [0.717, 1.165) is 18.0 Å². The van der Waals surface area contributed by atoms with Crippen molar-refractivity contribution >= 4 is 17.8 Å². The number of nitrogen functional groups attached to an aromatic ring is 1. The van der Waals surface area contributed by atoms with Gasteiger partial charge in [0, 0.05) is 0 Å². The maximum atomic E-state index is 5.15. The molecule has 1 aromatic heterocycles. The first-order valence-corrected chi connectivity index (χ1v) is 5.18. The van der Waals surface area contributed by atoms with E-state index in [2.05, 4.69) is 22.5 Å². The van der Waals surface area contributed by atoms with Gasteiger partial charge in [-0.15, -0.1) is 11.8 Å². The lowest BCUT2D eigenvalue weighted by atomic mass is 10.1. The fraction of sp³-hybridized carbons (Fsp3) is 0.714. The van der Waals surface area contributed by atoms with E-state index < -0.39 is 0 Å². The average Bonchev–Trinajstić information content (AvgIpc) is 2.72. The first-order valence-electron chi connectivity index (χ1n) is 4.19. The summed E-state index contributed by atoms with van der Waals surface area (Å²) in [6.45, 7) is 2.13. The molecule has 0 aliphatic carbocycles. The smallest absolute Gasteiger partial charge is 0.314 e. The summed E-state index contributed by atoms with van der Waals surface area (Å²) < 4.78 is 4.89. The summed E-state index contributed by atoms with van der Waals surface area (Å²) >= 11 is 1.87. The van der Waals surface area contributed by atoms with Crippen LogP contribution in [0.25, 0.3) is 0 Å². The largest absolute Gasteiger partial charge is 0.335 e. The number of nitrogens with zero attached hydrogens (tertiary/aromatic N) is 2. The molecule has 0 amide bonds. The molecule has 1 saturated heterocycles. The van der Waals surface area contributed by atoms with Crippen molar-refractivity contribution in [3.63, 3.8) is 0 Å². The van der Waals surface area contributed by atoms with E-state index in [0.29, 0.717) is 0 Å². The van der Waals surface area contributed by atoms with Gasteiger partial charge in [-0.1, -0.05) is 5.16 Å². The Morgan fingerprint density at radius 1 is 1.69 bits per heavy atom. The van der Waals surface area contributed by atoms with Crippen LogP contribution in [0.3, 0.4) is 0 Å². The number of anilines is 1. The van der Waals surface area contributed by atoms with Crippen LogP contribution in [0.15, 0.2) is 4.52 Å². The minimum Gasteiger partial charge on any atom is -0.314 e. The molecule has 1 aromatic rings. The SMILES string of the molecule is CC1(c2noc(NN)n2)CCCS1. The molecule has 1 fully saturated rings. The average molecular weight is 200 g/mol. The first kappa shape index (κ1) is 8.83. The Labute approximate surface area is 80.4 Å². The molecule has 0 aromatic carbocycles. The van der Waals surface area contributed by atoms with Crippen molar-refractivity contribution in [1.82, 2.24) is 10.1 Å². The zero-order chi connectivity index (χ0) is 9.31. The van der Waals surface area contributed by atoms with E-state index in [4.69, 9.17) is 10.4 Å². The van der Waals surface area contributed by atoms with Crippen molar-refractivity contribution in [1.29, 1.82) is 0 Å². The molecule has 72 valence electrons. The van der Waals surface area contributed by atoms with Crippen molar-refractivity contribution in [2.45, 2.75) is 24.5 Å². The maximum absolute atomic E-state index is 5.15. The number of rotatable bonds is 2. The third kappa shape index (κ3) is 1.51. The van der Waals surface area contributed by atoms with Gasteiger partial charge in [-0.25, -0.2) is 5.84 Å². The van der Waals surface area contributed by atoms with E-state index in [1.165, 1.54) is 6.42 Å². The fourth-order valence-corrected chi connectivity index (χ4v) is 2.69. The molecule has 1 unspecified atom stereocenters. The van der Waals surface area contributed by atoms with Crippen LogP contribution < -0.4 is 11.3 Å². The Balaban J connectivity index is 2.23. The van der Waals surface area contributed by atoms with Crippen LogP contribution in [0, 0.1) is 0 Å². The van der Waals surface area contributed by atoms with Crippen LogP contribution >= 0.6 is 11.8 Å². The highest BCUT2D eigenvalue weighted by Crippen LogP contribution is 2.44. The molecule has 5 nitrogen and oxygen atoms in total. The molecule has 1 aliphatic rings. The van der Waals surface area contributed by atoms with Crippen LogP contribution in [-0.2, 0) is 4.75 Å². The molecule has 13 heavy (non-hydrogen) atoms. The topological polar surface area (TPSA) is 77.0 Å². The summed E-state index contributed by atoms with van der Waals surface area (Å²) in [7, 11) is 0. The second kappa shape index (κ2) is 3.19. The number of nitrogens with one attached hydrogen (secondary N) is 1. The highest BCUT2D eigenvalue weighted by molar-refractivity contribution is 8.00. The summed E-state index contributed by atoms with van der Waals surface area (Å²) in [6, 6.07) is 0.281. The molecule has 3 N–H and O–H groups in total. The van der Waals surface area contributed by atoms with Crippen molar-refractivity contribution in [3.8, 4) is 0 Å². The molecule has 0 saturated carbocycles. The van der Waals surface area contributed by atoms with E-state index in [1.54, 1.807) is 0 Å². The van der Waals surface area contributed by atoms with Gasteiger partial charge in [0.25, 0.3) is 0 Å². The maximum Gasteiger partial charge on any atom is 0.335 e. The number of thioether (sulfide) groups is 1. The van der Waals surface area contributed by atoms with Gasteiger partial charge in [0.15, 0.2) is 5.82 Å². The monoisotopic (exact) mass is 200 g/mol. The number of nitrogens with two attached hydrogens (primary N) is 1. The third-order valence-corrected chi connectivity index (χ3v) is 3.76. The van der Waals surface area contributed by atoms with Crippen LogP contribution in [0.5, 0.6) is 0 Å². The van der Waals surface area contributed by atoms with Crippen molar-refractivity contribution in [2.75, 3.05) is 11.2 Å². The normalized spacial score (nSPS) is 27.8. The highest BCUT2D eigenvalue weighted by atomic mass is 32.2. The molecular formula is C7H12N4OS. The molecular weight excluding hydrogens is 188 g/mol. The molecule has 0 bridgehead atoms. The summed E-state index contributed by atoms with van der Waals surface area (Å²) in [5, 5.41) is 3.89. The second-order valence-electron chi connectivity index (χ2n) is 3.25. The van der Waals surface area contributed by atoms with Gasteiger partial charge in [0.05, 0.1) is 4.75 Å². The van der Waals surface area contributed by atoms with E-state index in [9.17, 15) is 0 Å². The second-order valence-corrected chi connectivity index (χ2v) is 4.85. The molecule has 1 aliphatic heterocycles. The Bertz CT molecular complexity index is 294. The standard InChI is InChI=1S/C7H12N4OS/c1-7(3-2-4-13-7)5-9-6(10-8)12-11-5/h2-4,8H2,1H3,(H,9,10,11). The molecule has 2 rings (SSSR count). The van der Waals surface area contributed by atoms with Gasteiger partial charge < -0.3 is 4.52 Å². The summed E-state index contributed by atoms with van der Waals surface area (Å²) in [5.74, 6) is 7.05. The van der Waals surface area contributed by atoms with Crippen LogP contribution in [0.4, 0.5) is 6.01 Å². The van der Waals surface area contributed by atoms with Gasteiger partial charge in [-0.2, -0.15) is 4.98 Å². The predicted octanol–water partition coefficient (Wildman–Crippen LogP) is 1.10.